The number of imidazole rings is 1. The maximum Gasteiger partial charge on any atom is 0.168 e. The minimum Gasteiger partial charge on any atom is -0.329 e. The topological polar surface area (TPSA) is 29.9 Å². The standard InChI is InChI=1S/C13H23N3S/c1-9-7-10(2)12(11(8-9)14-3)17-13-15-5-6-16(13)4/h5-6,9-12,14H,7-8H2,1-4H3. The zero-order valence-electron chi connectivity index (χ0n) is 11.2. The predicted octanol–water partition coefficient (Wildman–Crippen LogP) is 2.53. The van der Waals surface area contributed by atoms with Crippen LogP contribution in [0.3, 0.4) is 0 Å². The first-order valence-corrected chi connectivity index (χ1v) is 7.31. The second kappa shape index (κ2) is 5.44. The van der Waals surface area contributed by atoms with Gasteiger partial charge in [-0.3, -0.25) is 0 Å². The van der Waals surface area contributed by atoms with Crippen molar-refractivity contribution in [1.29, 1.82) is 0 Å². The molecule has 0 radical (unpaired) electrons. The van der Waals surface area contributed by atoms with Crippen LogP contribution in [0, 0.1) is 11.8 Å². The molecule has 1 aliphatic carbocycles. The fourth-order valence-electron chi connectivity index (χ4n) is 2.90. The number of nitrogens with one attached hydrogen (secondary N) is 1. The molecule has 1 heterocycles. The van der Waals surface area contributed by atoms with Gasteiger partial charge in [-0.1, -0.05) is 25.6 Å². The van der Waals surface area contributed by atoms with Crippen LogP contribution in [-0.2, 0) is 7.05 Å². The lowest BCUT2D eigenvalue weighted by atomic mass is 9.80. The summed E-state index contributed by atoms with van der Waals surface area (Å²) in [6, 6.07) is 0.607. The largest absolute Gasteiger partial charge is 0.329 e. The highest BCUT2D eigenvalue weighted by molar-refractivity contribution is 7.99. The van der Waals surface area contributed by atoms with E-state index in [0.717, 1.165) is 17.0 Å². The molecule has 0 amide bonds. The summed E-state index contributed by atoms with van der Waals surface area (Å²) in [7, 11) is 4.15. The van der Waals surface area contributed by atoms with Gasteiger partial charge in [-0.25, -0.2) is 4.98 Å². The first-order chi connectivity index (χ1) is 8.11. The molecule has 0 saturated heterocycles. The van der Waals surface area contributed by atoms with E-state index in [4.69, 9.17) is 0 Å². The fraction of sp³-hybridized carbons (Fsp3) is 0.769. The van der Waals surface area contributed by atoms with Crippen molar-refractivity contribution in [2.75, 3.05) is 7.05 Å². The molecule has 4 atom stereocenters. The van der Waals surface area contributed by atoms with Gasteiger partial charge in [0.15, 0.2) is 5.16 Å². The third kappa shape index (κ3) is 2.86. The van der Waals surface area contributed by atoms with E-state index in [1.165, 1.54) is 12.8 Å². The van der Waals surface area contributed by atoms with E-state index in [1.54, 1.807) is 0 Å². The SMILES string of the molecule is CNC1CC(C)CC(C)C1Sc1nccn1C. The lowest BCUT2D eigenvalue weighted by Crippen LogP contribution is -2.44. The van der Waals surface area contributed by atoms with Gasteiger partial charge in [0.2, 0.25) is 0 Å². The van der Waals surface area contributed by atoms with Crippen LogP contribution < -0.4 is 5.32 Å². The van der Waals surface area contributed by atoms with Crippen LogP contribution in [0.15, 0.2) is 17.6 Å². The molecule has 1 aromatic heterocycles. The molecule has 0 bridgehead atoms. The van der Waals surface area contributed by atoms with Crippen LogP contribution in [0.5, 0.6) is 0 Å². The van der Waals surface area contributed by atoms with Crippen LogP contribution in [0.4, 0.5) is 0 Å². The smallest absolute Gasteiger partial charge is 0.168 e. The first-order valence-electron chi connectivity index (χ1n) is 6.43. The van der Waals surface area contributed by atoms with Crippen molar-refractivity contribution in [3.05, 3.63) is 12.4 Å². The summed E-state index contributed by atoms with van der Waals surface area (Å²) in [5.41, 5.74) is 0. The third-order valence-electron chi connectivity index (χ3n) is 3.78. The zero-order chi connectivity index (χ0) is 12.4. The molecule has 0 aromatic carbocycles. The van der Waals surface area contributed by atoms with Gasteiger partial charge in [-0.15, -0.1) is 0 Å². The van der Waals surface area contributed by atoms with E-state index >= 15 is 0 Å². The van der Waals surface area contributed by atoms with Gasteiger partial charge in [-0.05, 0) is 31.7 Å². The number of aryl methyl sites for hydroxylation is 1. The second-order valence-corrected chi connectivity index (χ2v) is 6.50. The van der Waals surface area contributed by atoms with Crippen LogP contribution in [0.25, 0.3) is 0 Å². The maximum atomic E-state index is 4.43. The average Bonchev–Trinajstić information content (AvgIpc) is 2.68. The normalized spacial score (nSPS) is 33.9. The second-order valence-electron chi connectivity index (χ2n) is 5.35. The molecule has 17 heavy (non-hydrogen) atoms. The molecule has 0 aliphatic heterocycles. The fourth-order valence-corrected chi connectivity index (χ4v) is 4.24. The monoisotopic (exact) mass is 253 g/mol. The number of thioether (sulfide) groups is 1. The summed E-state index contributed by atoms with van der Waals surface area (Å²) in [6.45, 7) is 4.74. The Bertz CT molecular complexity index is 363. The van der Waals surface area contributed by atoms with E-state index in [2.05, 4.69) is 42.8 Å². The molecule has 1 aliphatic rings. The van der Waals surface area contributed by atoms with Crippen LogP contribution >= 0.6 is 11.8 Å². The van der Waals surface area contributed by atoms with Crippen LogP contribution in [0.1, 0.15) is 26.7 Å². The Morgan fingerprint density at radius 1 is 1.41 bits per heavy atom. The van der Waals surface area contributed by atoms with Crippen LogP contribution in [-0.4, -0.2) is 27.9 Å². The molecule has 3 nitrogen and oxygen atoms in total. The number of rotatable bonds is 3. The quantitative estimate of drug-likeness (QED) is 0.898. The molecular weight excluding hydrogens is 230 g/mol. The van der Waals surface area contributed by atoms with E-state index < -0.39 is 0 Å². The van der Waals surface area contributed by atoms with Gasteiger partial charge < -0.3 is 9.88 Å². The van der Waals surface area contributed by atoms with E-state index in [0.29, 0.717) is 11.3 Å². The highest BCUT2D eigenvalue weighted by Gasteiger charge is 2.34. The third-order valence-corrected chi connectivity index (χ3v) is 5.45. The van der Waals surface area contributed by atoms with Crippen molar-refractivity contribution in [2.24, 2.45) is 18.9 Å². The molecule has 1 N–H and O–H groups in total. The summed E-state index contributed by atoms with van der Waals surface area (Å²) in [6.07, 6.45) is 6.52. The van der Waals surface area contributed by atoms with Crippen molar-refractivity contribution in [1.82, 2.24) is 14.9 Å². The summed E-state index contributed by atoms with van der Waals surface area (Å²) in [5, 5.41) is 5.26. The molecule has 4 unspecified atom stereocenters. The Labute approximate surface area is 108 Å². The molecular formula is C13H23N3S. The lowest BCUT2D eigenvalue weighted by Gasteiger charge is -2.38. The Kier molecular flexibility index (Phi) is 4.15. The molecule has 4 heteroatoms. The zero-order valence-corrected chi connectivity index (χ0v) is 12.0. The minimum atomic E-state index is 0.607. The van der Waals surface area contributed by atoms with E-state index in [1.807, 2.05) is 24.2 Å². The van der Waals surface area contributed by atoms with Gasteiger partial charge in [0, 0.05) is 30.7 Å². The maximum absolute atomic E-state index is 4.43. The Morgan fingerprint density at radius 3 is 2.76 bits per heavy atom. The number of hydrogen-bond acceptors (Lipinski definition) is 3. The summed E-state index contributed by atoms with van der Waals surface area (Å²) in [4.78, 5) is 4.43. The summed E-state index contributed by atoms with van der Waals surface area (Å²) < 4.78 is 2.11. The van der Waals surface area contributed by atoms with Gasteiger partial charge in [0.1, 0.15) is 0 Å². The first kappa shape index (κ1) is 13.0. The summed E-state index contributed by atoms with van der Waals surface area (Å²) in [5.74, 6) is 1.58. The van der Waals surface area contributed by atoms with Crippen LogP contribution in [0.2, 0.25) is 0 Å². The Hall–Kier alpha value is -0.480. The highest BCUT2D eigenvalue weighted by Crippen LogP contribution is 2.38. The number of nitrogens with zero attached hydrogens (tertiary/aromatic N) is 2. The Morgan fingerprint density at radius 2 is 2.18 bits per heavy atom. The van der Waals surface area contributed by atoms with E-state index in [-0.39, 0.29) is 0 Å². The van der Waals surface area contributed by atoms with Gasteiger partial charge >= 0.3 is 0 Å². The molecule has 1 saturated carbocycles. The van der Waals surface area contributed by atoms with Crippen molar-refractivity contribution < 1.29 is 0 Å². The number of aromatic nitrogens is 2. The van der Waals surface area contributed by atoms with E-state index in [9.17, 15) is 0 Å². The van der Waals surface area contributed by atoms with Gasteiger partial charge in [-0.2, -0.15) is 0 Å². The van der Waals surface area contributed by atoms with Gasteiger partial charge in [0.05, 0.1) is 0 Å². The molecule has 96 valence electrons. The van der Waals surface area contributed by atoms with Crippen molar-refractivity contribution in [3.63, 3.8) is 0 Å². The Balaban J connectivity index is 2.09. The summed E-state index contributed by atoms with van der Waals surface area (Å²) >= 11 is 1.93. The molecule has 2 rings (SSSR count). The molecule has 0 spiro atoms. The molecule has 1 aromatic rings. The van der Waals surface area contributed by atoms with Crippen molar-refractivity contribution >= 4 is 11.8 Å². The van der Waals surface area contributed by atoms with Gasteiger partial charge in [0.25, 0.3) is 0 Å². The van der Waals surface area contributed by atoms with Crippen molar-refractivity contribution in [3.8, 4) is 0 Å². The molecule has 1 fully saturated rings. The lowest BCUT2D eigenvalue weighted by molar-refractivity contribution is 0.256. The predicted molar refractivity (Wildman–Crippen MR) is 73.3 cm³/mol. The number of hydrogen-bond donors (Lipinski definition) is 1. The highest BCUT2D eigenvalue weighted by atomic mass is 32.2. The van der Waals surface area contributed by atoms with Crippen molar-refractivity contribution in [2.45, 2.75) is 43.1 Å². The average molecular weight is 253 g/mol. The minimum absolute atomic E-state index is 0.607.